The molecule has 5 heteroatoms. The van der Waals surface area contributed by atoms with Crippen molar-refractivity contribution in [3.05, 3.63) is 29.1 Å². The van der Waals surface area contributed by atoms with E-state index < -0.39 is 0 Å². The van der Waals surface area contributed by atoms with E-state index in [0.717, 1.165) is 16.8 Å². The molecule has 0 atom stereocenters. The van der Waals surface area contributed by atoms with Gasteiger partial charge in [-0.05, 0) is 6.07 Å². The highest BCUT2D eigenvalue weighted by Gasteiger charge is 2.20. The number of rotatable bonds is 1. The number of anilines is 1. The van der Waals surface area contributed by atoms with Gasteiger partial charge in [-0.2, -0.15) is 0 Å². The number of fused-ring (bicyclic) bond motifs is 1. The van der Waals surface area contributed by atoms with Crippen LogP contribution in [0.3, 0.4) is 0 Å². The van der Waals surface area contributed by atoms with E-state index >= 15 is 0 Å². The monoisotopic (exact) mass is 232 g/mol. The van der Waals surface area contributed by atoms with E-state index in [1.54, 1.807) is 0 Å². The van der Waals surface area contributed by atoms with Crippen molar-refractivity contribution in [3.63, 3.8) is 0 Å². The first kappa shape index (κ1) is 9.35. The van der Waals surface area contributed by atoms with Crippen molar-refractivity contribution in [2.45, 2.75) is 6.42 Å². The third kappa shape index (κ3) is 1.45. The van der Waals surface area contributed by atoms with Crippen LogP contribution in [-0.4, -0.2) is 11.0 Å². The fourth-order valence-electron chi connectivity index (χ4n) is 1.69. The van der Waals surface area contributed by atoms with E-state index in [1.165, 1.54) is 11.3 Å². The topological polar surface area (TPSA) is 65.2 Å². The van der Waals surface area contributed by atoms with Crippen LogP contribution in [0, 0.1) is 0 Å². The standard InChI is InChI=1S/C11H8N2O2S/c12-11-13-8(5-16-11)6-1-2-7-4-10(14)15-9(7)3-6/h1-3,5H,4H2,(H2,12,13). The van der Waals surface area contributed by atoms with Crippen molar-refractivity contribution >= 4 is 22.4 Å². The van der Waals surface area contributed by atoms with Crippen LogP contribution in [0.15, 0.2) is 23.6 Å². The van der Waals surface area contributed by atoms with Crippen LogP contribution in [-0.2, 0) is 11.2 Å². The van der Waals surface area contributed by atoms with Crippen molar-refractivity contribution in [3.8, 4) is 17.0 Å². The zero-order valence-electron chi connectivity index (χ0n) is 8.27. The van der Waals surface area contributed by atoms with Crippen LogP contribution >= 0.6 is 11.3 Å². The third-order valence-electron chi connectivity index (χ3n) is 2.44. The van der Waals surface area contributed by atoms with Crippen LogP contribution < -0.4 is 10.5 Å². The van der Waals surface area contributed by atoms with E-state index in [4.69, 9.17) is 10.5 Å². The maximum atomic E-state index is 11.1. The van der Waals surface area contributed by atoms with E-state index in [9.17, 15) is 4.79 Å². The number of hydrogen-bond donors (Lipinski definition) is 1. The normalized spacial score (nSPS) is 13.6. The first-order valence-corrected chi connectivity index (χ1v) is 5.65. The number of ether oxygens (including phenoxy) is 1. The largest absolute Gasteiger partial charge is 0.426 e. The summed E-state index contributed by atoms with van der Waals surface area (Å²) >= 11 is 1.39. The van der Waals surface area contributed by atoms with Gasteiger partial charge in [0.05, 0.1) is 12.1 Å². The molecule has 1 aliphatic rings. The van der Waals surface area contributed by atoms with Crippen molar-refractivity contribution in [2.24, 2.45) is 0 Å². The second-order valence-corrected chi connectivity index (χ2v) is 4.43. The van der Waals surface area contributed by atoms with Gasteiger partial charge in [-0.25, -0.2) is 4.98 Å². The van der Waals surface area contributed by atoms with Crippen molar-refractivity contribution < 1.29 is 9.53 Å². The number of aromatic nitrogens is 1. The maximum absolute atomic E-state index is 11.1. The molecule has 1 aliphatic heterocycles. The molecule has 2 heterocycles. The molecule has 16 heavy (non-hydrogen) atoms. The first-order chi connectivity index (χ1) is 7.72. The Morgan fingerprint density at radius 3 is 3.06 bits per heavy atom. The van der Waals surface area contributed by atoms with E-state index in [0.29, 0.717) is 17.3 Å². The summed E-state index contributed by atoms with van der Waals surface area (Å²) in [5, 5.41) is 2.42. The average molecular weight is 232 g/mol. The molecule has 0 saturated carbocycles. The first-order valence-electron chi connectivity index (χ1n) is 4.77. The molecule has 0 amide bonds. The van der Waals surface area contributed by atoms with Crippen LogP contribution in [0.4, 0.5) is 5.13 Å². The minimum atomic E-state index is -0.204. The molecule has 2 N–H and O–H groups in total. The number of hydrogen-bond acceptors (Lipinski definition) is 5. The van der Waals surface area contributed by atoms with Gasteiger partial charge >= 0.3 is 5.97 Å². The van der Waals surface area contributed by atoms with Crippen molar-refractivity contribution in [1.82, 2.24) is 4.98 Å². The number of nitrogen functional groups attached to an aromatic ring is 1. The fraction of sp³-hybridized carbons (Fsp3) is 0.0909. The molecule has 0 radical (unpaired) electrons. The molecule has 2 aromatic rings. The molecular formula is C11H8N2O2S. The Morgan fingerprint density at radius 1 is 1.44 bits per heavy atom. The lowest BCUT2D eigenvalue weighted by molar-refractivity contribution is -0.131. The molecule has 0 bridgehead atoms. The minimum Gasteiger partial charge on any atom is -0.426 e. The number of carbonyl (C=O) groups excluding carboxylic acids is 1. The molecule has 0 aliphatic carbocycles. The van der Waals surface area contributed by atoms with Gasteiger partial charge in [0.1, 0.15) is 5.75 Å². The predicted octanol–water partition coefficient (Wildman–Crippen LogP) is 1.85. The summed E-state index contributed by atoms with van der Waals surface area (Å²) in [6.45, 7) is 0. The Kier molecular flexibility index (Phi) is 1.94. The Bertz CT molecular complexity index is 577. The van der Waals surface area contributed by atoms with Gasteiger partial charge in [0.15, 0.2) is 5.13 Å². The van der Waals surface area contributed by atoms with E-state index in [-0.39, 0.29) is 5.97 Å². The second kappa shape index (κ2) is 3.31. The summed E-state index contributed by atoms with van der Waals surface area (Å²) in [6, 6.07) is 5.65. The van der Waals surface area contributed by atoms with Crippen LogP contribution in [0.25, 0.3) is 11.3 Å². The fourth-order valence-corrected chi connectivity index (χ4v) is 2.26. The van der Waals surface area contributed by atoms with Crippen LogP contribution in [0.1, 0.15) is 5.56 Å². The summed E-state index contributed by atoms with van der Waals surface area (Å²) in [7, 11) is 0. The Labute approximate surface area is 95.7 Å². The molecule has 1 aromatic carbocycles. The lowest BCUT2D eigenvalue weighted by Gasteiger charge is -2.00. The summed E-state index contributed by atoms with van der Waals surface area (Å²) < 4.78 is 5.08. The summed E-state index contributed by atoms with van der Waals surface area (Å²) in [4.78, 5) is 15.3. The Balaban J connectivity index is 2.05. The Morgan fingerprint density at radius 2 is 2.31 bits per heavy atom. The highest BCUT2D eigenvalue weighted by atomic mass is 32.1. The van der Waals surface area contributed by atoms with E-state index in [2.05, 4.69) is 4.98 Å². The molecule has 0 fully saturated rings. The molecular weight excluding hydrogens is 224 g/mol. The smallest absolute Gasteiger partial charge is 0.315 e. The lowest BCUT2D eigenvalue weighted by atomic mass is 10.1. The predicted molar refractivity (Wildman–Crippen MR) is 61.3 cm³/mol. The zero-order chi connectivity index (χ0) is 11.1. The summed E-state index contributed by atoms with van der Waals surface area (Å²) in [5.41, 5.74) is 8.23. The van der Waals surface area contributed by atoms with Gasteiger partial charge < -0.3 is 10.5 Å². The molecule has 1 aromatic heterocycles. The van der Waals surface area contributed by atoms with Gasteiger partial charge in [-0.1, -0.05) is 12.1 Å². The SMILES string of the molecule is Nc1nc(-c2ccc3c(c2)OC(=O)C3)cs1. The zero-order valence-corrected chi connectivity index (χ0v) is 9.08. The molecule has 0 unspecified atom stereocenters. The van der Waals surface area contributed by atoms with Crippen molar-refractivity contribution in [2.75, 3.05) is 5.73 Å². The molecule has 80 valence electrons. The van der Waals surface area contributed by atoms with E-state index in [1.807, 2.05) is 23.6 Å². The molecule has 3 rings (SSSR count). The molecule has 0 spiro atoms. The van der Waals surface area contributed by atoms with Crippen LogP contribution in [0.2, 0.25) is 0 Å². The Hall–Kier alpha value is -1.88. The van der Waals surface area contributed by atoms with Gasteiger partial charge in [-0.15, -0.1) is 11.3 Å². The second-order valence-electron chi connectivity index (χ2n) is 3.54. The summed E-state index contributed by atoms with van der Waals surface area (Å²) in [6.07, 6.45) is 0.356. The van der Waals surface area contributed by atoms with Gasteiger partial charge in [-0.3, -0.25) is 4.79 Å². The number of carbonyl (C=O) groups is 1. The lowest BCUT2D eigenvalue weighted by Crippen LogP contribution is -2.00. The van der Waals surface area contributed by atoms with Crippen LogP contribution in [0.5, 0.6) is 5.75 Å². The number of esters is 1. The number of nitrogens with two attached hydrogens (primary N) is 1. The number of nitrogens with zero attached hydrogens (tertiary/aromatic N) is 1. The van der Waals surface area contributed by atoms with Gasteiger partial charge in [0, 0.05) is 16.5 Å². The minimum absolute atomic E-state index is 0.204. The molecule has 4 nitrogen and oxygen atoms in total. The highest BCUT2D eigenvalue weighted by molar-refractivity contribution is 7.13. The third-order valence-corrected chi connectivity index (χ3v) is 3.12. The summed E-state index contributed by atoms with van der Waals surface area (Å²) in [5.74, 6) is 0.430. The van der Waals surface area contributed by atoms with Gasteiger partial charge in [0.2, 0.25) is 0 Å². The van der Waals surface area contributed by atoms with Crippen molar-refractivity contribution in [1.29, 1.82) is 0 Å². The highest BCUT2D eigenvalue weighted by Crippen LogP contribution is 2.32. The maximum Gasteiger partial charge on any atom is 0.315 e. The molecule has 0 saturated heterocycles. The quantitative estimate of drug-likeness (QED) is 0.602. The average Bonchev–Trinajstić information content (AvgIpc) is 2.81. The number of thiazole rings is 1. The number of benzene rings is 1. The van der Waals surface area contributed by atoms with Gasteiger partial charge in [0.25, 0.3) is 0 Å².